The molecule has 1 amide bonds. The molecule has 0 bridgehead atoms. The predicted molar refractivity (Wildman–Crippen MR) is 84.0 cm³/mol. The van der Waals surface area contributed by atoms with Crippen molar-refractivity contribution in [3.8, 4) is 0 Å². The summed E-state index contributed by atoms with van der Waals surface area (Å²) in [6.07, 6.45) is 9.32. The van der Waals surface area contributed by atoms with Gasteiger partial charge in [0.1, 0.15) is 5.82 Å². The lowest BCUT2D eigenvalue weighted by atomic mass is 9.79. The second-order valence-electron chi connectivity index (χ2n) is 7.35. The number of hydrogen-bond donors (Lipinski definition) is 0. The summed E-state index contributed by atoms with van der Waals surface area (Å²) in [5.74, 6) is 0.271. The number of nitrogens with zero attached hydrogens (tertiary/aromatic N) is 1. The van der Waals surface area contributed by atoms with Crippen molar-refractivity contribution in [1.82, 2.24) is 4.90 Å². The minimum atomic E-state index is -0.156. The van der Waals surface area contributed by atoms with Crippen molar-refractivity contribution < 1.29 is 9.18 Å². The van der Waals surface area contributed by atoms with Crippen molar-refractivity contribution in [1.29, 1.82) is 0 Å². The monoisotopic (exact) mass is 301 g/mol. The van der Waals surface area contributed by atoms with Crippen molar-refractivity contribution in [3.63, 3.8) is 0 Å². The van der Waals surface area contributed by atoms with E-state index in [0.717, 1.165) is 24.9 Å². The SMILES string of the molecule is O=C(C1CC1c1ccccc1F)N1CCCC12CCCCC2. The normalized spacial score (nSPS) is 29.8. The number of benzene rings is 1. The average molecular weight is 301 g/mol. The van der Waals surface area contributed by atoms with Crippen LogP contribution in [0.3, 0.4) is 0 Å². The predicted octanol–water partition coefficient (Wildman–Crippen LogP) is 4.25. The van der Waals surface area contributed by atoms with Crippen molar-refractivity contribution in [2.45, 2.75) is 62.8 Å². The Morgan fingerprint density at radius 1 is 1.09 bits per heavy atom. The number of carbonyl (C=O) groups is 1. The molecule has 1 saturated heterocycles. The highest BCUT2D eigenvalue weighted by Crippen LogP contribution is 2.52. The summed E-state index contributed by atoms with van der Waals surface area (Å²) < 4.78 is 13.9. The Balaban J connectivity index is 1.50. The van der Waals surface area contributed by atoms with Crippen LogP contribution in [0, 0.1) is 11.7 Å². The Morgan fingerprint density at radius 2 is 1.82 bits per heavy atom. The molecule has 0 radical (unpaired) electrons. The smallest absolute Gasteiger partial charge is 0.226 e. The summed E-state index contributed by atoms with van der Waals surface area (Å²) >= 11 is 0. The zero-order chi connectivity index (χ0) is 15.2. The fourth-order valence-corrected chi connectivity index (χ4v) is 4.80. The first-order valence-electron chi connectivity index (χ1n) is 8.77. The van der Waals surface area contributed by atoms with E-state index in [2.05, 4.69) is 4.90 Å². The van der Waals surface area contributed by atoms with E-state index in [-0.39, 0.29) is 23.2 Å². The third-order valence-electron chi connectivity index (χ3n) is 6.06. The van der Waals surface area contributed by atoms with E-state index in [0.29, 0.717) is 5.91 Å². The van der Waals surface area contributed by atoms with E-state index >= 15 is 0 Å². The second-order valence-corrected chi connectivity index (χ2v) is 7.35. The molecule has 3 aliphatic rings. The lowest BCUT2D eigenvalue weighted by Gasteiger charge is -2.42. The standard InChI is InChI=1S/C19H24FNO/c20-17-8-3-2-7-14(17)15-13-16(15)18(22)21-12-6-11-19(21)9-4-1-5-10-19/h2-3,7-8,15-16H,1,4-6,9-13H2. The number of amides is 1. The topological polar surface area (TPSA) is 20.3 Å². The van der Waals surface area contributed by atoms with E-state index in [9.17, 15) is 9.18 Å². The summed E-state index contributed by atoms with van der Waals surface area (Å²) in [6.45, 7) is 0.916. The zero-order valence-corrected chi connectivity index (χ0v) is 13.1. The molecule has 1 heterocycles. The van der Waals surface area contributed by atoms with Gasteiger partial charge in [-0.25, -0.2) is 4.39 Å². The van der Waals surface area contributed by atoms with Gasteiger partial charge in [-0.1, -0.05) is 37.5 Å². The summed E-state index contributed by atoms with van der Waals surface area (Å²) in [6, 6.07) is 6.94. The molecule has 3 heteroatoms. The van der Waals surface area contributed by atoms with Gasteiger partial charge < -0.3 is 4.90 Å². The van der Waals surface area contributed by atoms with Gasteiger partial charge in [-0.3, -0.25) is 4.79 Å². The highest BCUT2D eigenvalue weighted by atomic mass is 19.1. The Kier molecular flexibility index (Phi) is 3.47. The Bertz CT molecular complexity index is 579. The molecule has 1 aromatic carbocycles. The van der Waals surface area contributed by atoms with Crippen LogP contribution < -0.4 is 0 Å². The third kappa shape index (κ3) is 2.26. The zero-order valence-electron chi connectivity index (χ0n) is 13.1. The molecule has 2 unspecified atom stereocenters. The average Bonchev–Trinajstić information content (AvgIpc) is 3.24. The van der Waals surface area contributed by atoms with Gasteiger partial charge >= 0.3 is 0 Å². The quantitative estimate of drug-likeness (QED) is 0.799. The summed E-state index contributed by atoms with van der Waals surface area (Å²) in [5.41, 5.74) is 0.885. The van der Waals surface area contributed by atoms with E-state index in [1.807, 2.05) is 12.1 Å². The van der Waals surface area contributed by atoms with E-state index in [1.54, 1.807) is 6.07 Å². The molecule has 2 nitrogen and oxygen atoms in total. The highest BCUT2D eigenvalue weighted by molar-refractivity contribution is 5.84. The van der Waals surface area contributed by atoms with Crippen LogP contribution >= 0.6 is 0 Å². The van der Waals surface area contributed by atoms with Gasteiger partial charge in [0.2, 0.25) is 5.91 Å². The van der Waals surface area contributed by atoms with Crippen LogP contribution in [0.25, 0.3) is 0 Å². The van der Waals surface area contributed by atoms with Crippen LogP contribution in [0.4, 0.5) is 4.39 Å². The van der Waals surface area contributed by atoms with Gasteiger partial charge in [0.25, 0.3) is 0 Å². The number of carbonyl (C=O) groups excluding carboxylic acids is 1. The van der Waals surface area contributed by atoms with Crippen LogP contribution in [-0.4, -0.2) is 22.9 Å². The second kappa shape index (κ2) is 5.36. The first-order valence-corrected chi connectivity index (χ1v) is 8.77. The third-order valence-corrected chi connectivity index (χ3v) is 6.06. The largest absolute Gasteiger partial charge is 0.337 e. The summed E-state index contributed by atoms with van der Waals surface area (Å²) in [7, 11) is 0. The van der Waals surface area contributed by atoms with Crippen LogP contribution in [0.1, 0.15) is 62.8 Å². The van der Waals surface area contributed by atoms with E-state index in [1.165, 1.54) is 44.6 Å². The number of hydrogen-bond acceptors (Lipinski definition) is 1. The summed E-state index contributed by atoms with van der Waals surface area (Å²) in [5, 5.41) is 0. The molecule has 2 atom stereocenters. The van der Waals surface area contributed by atoms with Gasteiger partial charge in [0, 0.05) is 18.0 Å². The van der Waals surface area contributed by atoms with Crippen LogP contribution in [-0.2, 0) is 4.79 Å². The van der Waals surface area contributed by atoms with Crippen molar-refractivity contribution >= 4 is 5.91 Å². The molecular weight excluding hydrogens is 277 g/mol. The molecule has 1 spiro atoms. The van der Waals surface area contributed by atoms with Crippen molar-refractivity contribution in [3.05, 3.63) is 35.6 Å². The molecule has 1 aliphatic heterocycles. The first-order chi connectivity index (χ1) is 10.7. The maximum atomic E-state index is 13.9. The Labute approximate surface area is 131 Å². The molecule has 22 heavy (non-hydrogen) atoms. The lowest BCUT2D eigenvalue weighted by Crippen LogP contribution is -2.49. The maximum Gasteiger partial charge on any atom is 0.226 e. The summed E-state index contributed by atoms with van der Waals surface area (Å²) in [4.78, 5) is 15.2. The molecule has 3 fully saturated rings. The minimum Gasteiger partial charge on any atom is -0.337 e. The number of halogens is 1. The number of rotatable bonds is 2. The molecule has 2 saturated carbocycles. The Hall–Kier alpha value is -1.38. The van der Waals surface area contributed by atoms with E-state index < -0.39 is 0 Å². The minimum absolute atomic E-state index is 0.0220. The van der Waals surface area contributed by atoms with Crippen molar-refractivity contribution in [2.75, 3.05) is 6.54 Å². The lowest BCUT2D eigenvalue weighted by molar-refractivity contribution is -0.138. The molecule has 2 aliphatic carbocycles. The van der Waals surface area contributed by atoms with Crippen molar-refractivity contribution in [2.24, 2.45) is 5.92 Å². The molecule has 4 rings (SSSR count). The van der Waals surface area contributed by atoms with Crippen LogP contribution in [0.5, 0.6) is 0 Å². The molecule has 1 aromatic rings. The number of likely N-dealkylation sites (tertiary alicyclic amines) is 1. The fourth-order valence-electron chi connectivity index (χ4n) is 4.80. The van der Waals surface area contributed by atoms with E-state index in [4.69, 9.17) is 0 Å². The molecule has 0 N–H and O–H groups in total. The van der Waals surface area contributed by atoms with Crippen LogP contribution in [0.15, 0.2) is 24.3 Å². The Morgan fingerprint density at radius 3 is 2.59 bits per heavy atom. The van der Waals surface area contributed by atoms with Gasteiger partial charge in [-0.05, 0) is 49.7 Å². The highest BCUT2D eigenvalue weighted by Gasteiger charge is 2.52. The van der Waals surface area contributed by atoms with Gasteiger partial charge in [0.15, 0.2) is 0 Å². The molecule has 118 valence electrons. The fraction of sp³-hybridized carbons (Fsp3) is 0.632. The van der Waals surface area contributed by atoms with Gasteiger partial charge in [-0.2, -0.15) is 0 Å². The van der Waals surface area contributed by atoms with Gasteiger partial charge in [-0.15, -0.1) is 0 Å². The van der Waals surface area contributed by atoms with Gasteiger partial charge in [0.05, 0.1) is 0 Å². The first kappa shape index (κ1) is 14.2. The molecular formula is C19H24FNO. The maximum absolute atomic E-state index is 13.9. The van der Waals surface area contributed by atoms with Crippen LogP contribution in [0.2, 0.25) is 0 Å². The molecule has 0 aromatic heterocycles.